The first-order chi connectivity index (χ1) is 2.91. The summed E-state index contributed by atoms with van der Waals surface area (Å²) in [4.78, 5) is 3.83. The minimum absolute atomic E-state index is 0. The SMILES string of the molecule is CC=NCCCl.Cl. The van der Waals surface area contributed by atoms with E-state index in [1.54, 1.807) is 6.21 Å². The number of halogens is 2. The number of rotatable bonds is 2. The Balaban J connectivity index is 0. The number of alkyl halides is 1. The Morgan fingerprint density at radius 1 is 1.71 bits per heavy atom. The molecule has 1 nitrogen and oxygen atoms in total. The van der Waals surface area contributed by atoms with E-state index in [9.17, 15) is 0 Å². The molecular formula is C4H9Cl2N. The van der Waals surface area contributed by atoms with E-state index in [2.05, 4.69) is 4.99 Å². The van der Waals surface area contributed by atoms with Crippen molar-refractivity contribution in [2.45, 2.75) is 6.92 Å². The quantitative estimate of drug-likeness (QED) is 0.411. The molecule has 0 rings (SSSR count). The molecule has 0 unspecified atom stereocenters. The van der Waals surface area contributed by atoms with Crippen LogP contribution < -0.4 is 0 Å². The molecule has 7 heavy (non-hydrogen) atoms. The molecule has 0 aliphatic rings. The van der Waals surface area contributed by atoms with Crippen LogP contribution in [-0.2, 0) is 0 Å². The lowest BCUT2D eigenvalue weighted by Gasteiger charge is -1.76. The second-order valence-electron chi connectivity index (χ2n) is 0.853. The van der Waals surface area contributed by atoms with Gasteiger partial charge in [0.25, 0.3) is 0 Å². The highest BCUT2D eigenvalue weighted by Gasteiger charge is 1.67. The van der Waals surface area contributed by atoms with E-state index in [4.69, 9.17) is 11.6 Å². The topological polar surface area (TPSA) is 12.4 Å². The third kappa shape index (κ3) is 10.7. The molecule has 0 atom stereocenters. The fourth-order valence-corrected chi connectivity index (χ4v) is 0.275. The summed E-state index contributed by atoms with van der Waals surface area (Å²) in [6.45, 7) is 2.63. The lowest BCUT2D eigenvalue weighted by atomic mass is 10.7. The minimum Gasteiger partial charge on any atom is -0.297 e. The molecule has 0 fully saturated rings. The summed E-state index contributed by atoms with van der Waals surface area (Å²) < 4.78 is 0. The van der Waals surface area contributed by atoms with E-state index in [1.807, 2.05) is 6.92 Å². The summed E-state index contributed by atoms with van der Waals surface area (Å²) in [6, 6.07) is 0. The van der Waals surface area contributed by atoms with Crippen molar-refractivity contribution in [3.8, 4) is 0 Å². The highest BCUT2D eigenvalue weighted by atomic mass is 35.5. The van der Waals surface area contributed by atoms with Crippen molar-refractivity contribution < 1.29 is 0 Å². The molecule has 0 aromatic rings. The molecule has 0 radical (unpaired) electrons. The van der Waals surface area contributed by atoms with Gasteiger partial charge in [-0.15, -0.1) is 24.0 Å². The second-order valence-corrected chi connectivity index (χ2v) is 1.23. The Kier molecular flexibility index (Phi) is 14.0. The summed E-state index contributed by atoms with van der Waals surface area (Å²) in [7, 11) is 0. The van der Waals surface area contributed by atoms with Crippen LogP contribution >= 0.6 is 24.0 Å². The summed E-state index contributed by atoms with van der Waals surface area (Å²) in [6.07, 6.45) is 1.75. The minimum atomic E-state index is 0. The molecule has 0 saturated carbocycles. The average Bonchev–Trinajstić information content (AvgIpc) is 1.61. The predicted octanol–water partition coefficient (Wildman–Crippen LogP) is 1.74. The van der Waals surface area contributed by atoms with E-state index in [1.165, 1.54) is 0 Å². The zero-order valence-corrected chi connectivity index (χ0v) is 5.80. The van der Waals surface area contributed by atoms with Gasteiger partial charge in [0.1, 0.15) is 0 Å². The van der Waals surface area contributed by atoms with Crippen molar-refractivity contribution >= 4 is 30.2 Å². The van der Waals surface area contributed by atoms with Crippen molar-refractivity contribution in [1.82, 2.24) is 0 Å². The zero-order chi connectivity index (χ0) is 4.83. The Morgan fingerprint density at radius 3 is 2.43 bits per heavy atom. The first-order valence-corrected chi connectivity index (χ1v) is 2.45. The number of hydrogen-bond acceptors (Lipinski definition) is 1. The molecular weight excluding hydrogens is 133 g/mol. The fourth-order valence-electron chi connectivity index (χ4n) is 0.178. The van der Waals surface area contributed by atoms with Crippen LogP contribution in [0.2, 0.25) is 0 Å². The molecule has 0 spiro atoms. The molecule has 0 aromatic carbocycles. The molecule has 3 heteroatoms. The van der Waals surface area contributed by atoms with Gasteiger partial charge in [-0.1, -0.05) is 0 Å². The van der Waals surface area contributed by atoms with Crippen LogP contribution in [0, 0.1) is 0 Å². The number of aliphatic imine (C=N–C) groups is 1. The molecule has 0 saturated heterocycles. The van der Waals surface area contributed by atoms with Gasteiger partial charge in [-0.2, -0.15) is 0 Å². The van der Waals surface area contributed by atoms with Crippen LogP contribution in [0.4, 0.5) is 0 Å². The van der Waals surface area contributed by atoms with Gasteiger partial charge in [-0.25, -0.2) is 0 Å². The first-order valence-electron chi connectivity index (χ1n) is 1.92. The van der Waals surface area contributed by atoms with Gasteiger partial charge in [-0.05, 0) is 13.1 Å². The van der Waals surface area contributed by atoms with Crippen LogP contribution in [0.5, 0.6) is 0 Å². The maximum atomic E-state index is 5.27. The first kappa shape index (κ1) is 10.3. The molecule has 0 aliphatic heterocycles. The maximum absolute atomic E-state index is 5.27. The molecule has 0 aliphatic carbocycles. The molecule has 0 N–H and O–H groups in total. The molecule has 0 aromatic heterocycles. The zero-order valence-electron chi connectivity index (χ0n) is 4.22. The lowest BCUT2D eigenvalue weighted by Crippen LogP contribution is -1.77. The van der Waals surface area contributed by atoms with E-state index in [0.29, 0.717) is 5.88 Å². The largest absolute Gasteiger partial charge is 0.297 e. The Hall–Kier alpha value is 0.250. The highest BCUT2D eigenvalue weighted by molar-refractivity contribution is 6.18. The van der Waals surface area contributed by atoms with Gasteiger partial charge in [-0.3, -0.25) is 4.99 Å². The van der Waals surface area contributed by atoms with E-state index < -0.39 is 0 Å². The Labute approximate surface area is 55.2 Å². The van der Waals surface area contributed by atoms with Gasteiger partial charge >= 0.3 is 0 Å². The van der Waals surface area contributed by atoms with Crippen LogP contribution in [0.15, 0.2) is 4.99 Å². The molecule has 44 valence electrons. The van der Waals surface area contributed by atoms with Gasteiger partial charge < -0.3 is 0 Å². The van der Waals surface area contributed by atoms with Gasteiger partial charge in [0.05, 0.1) is 6.54 Å². The van der Waals surface area contributed by atoms with Crippen molar-refractivity contribution in [2.75, 3.05) is 12.4 Å². The van der Waals surface area contributed by atoms with E-state index in [0.717, 1.165) is 6.54 Å². The third-order valence-electron chi connectivity index (χ3n) is 0.396. The number of hydrogen-bond donors (Lipinski definition) is 0. The summed E-state index contributed by atoms with van der Waals surface area (Å²) in [5, 5.41) is 0. The lowest BCUT2D eigenvalue weighted by molar-refractivity contribution is 1.15. The van der Waals surface area contributed by atoms with Crippen molar-refractivity contribution in [1.29, 1.82) is 0 Å². The van der Waals surface area contributed by atoms with Gasteiger partial charge in [0, 0.05) is 5.88 Å². The van der Waals surface area contributed by atoms with Crippen LogP contribution in [0.1, 0.15) is 6.92 Å². The Morgan fingerprint density at radius 2 is 2.29 bits per heavy atom. The standard InChI is InChI=1S/C4H8ClN.ClH/c1-2-6-4-3-5;/h2H,3-4H2,1H3;1H. The van der Waals surface area contributed by atoms with Crippen molar-refractivity contribution in [2.24, 2.45) is 4.99 Å². The highest BCUT2D eigenvalue weighted by Crippen LogP contribution is 1.72. The van der Waals surface area contributed by atoms with E-state index >= 15 is 0 Å². The normalized spacial score (nSPS) is 8.86. The predicted molar refractivity (Wildman–Crippen MR) is 37.0 cm³/mol. The molecule has 0 amide bonds. The van der Waals surface area contributed by atoms with E-state index in [-0.39, 0.29) is 12.4 Å². The summed E-state index contributed by atoms with van der Waals surface area (Å²) >= 11 is 5.27. The molecule has 0 bridgehead atoms. The van der Waals surface area contributed by atoms with Crippen LogP contribution in [-0.4, -0.2) is 18.6 Å². The smallest absolute Gasteiger partial charge is 0.0521 e. The summed E-state index contributed by atoms with van der Waals surface area (Å²) in [5.74, 6) is 0.629. The van der Waals surface area contributed by atoms with Crippen molar-refractivity contribution in [3.05, 3.63) is 0 Å². The third-order valence-corrected chi connectivity index (χ3v) is 0.565. The summed E-state index contributed by atoms with van der Waals surface area (Å²) in [5.41, 5.74) is 0. The van der Waals surface area contributed by atoms with Gasteiger partial charge in [0.15, 0.2) is 0 Å². The molecule has 0 heterocycles. The van der Waals surface area contributed by atoms with Gasteiger partial charge in [0.2, 0.25) is 0 Å². The van der Waals surface area contributed by atoms with Crippen LogP contribution in [0.25, 0.3) is 0 Å². The monoisotopic (exact) mass is 141 g/mol. The second kappa shape index (κ2) is 9.54. The van der Waals surface area contributed by atoms with Crippen LogP contribution in [0.3, 0.4) is 0 Å². The van der Waals surface area contributed by atoms with Crippen molar-refractivity contribution in [3.63, 3.8) is 0 Å². The average molecular weight is 142 g/mol. The Bertz CT molecular complexity index is 45.0. The maximum Gasteiger partial charge on any atom is 0.0521 e. The number of nitrogens with zero attached hydrogens (tertiary/aromatic N) is 1. The fraction of sp³-hybridized carbons (Fsp3) is 0.750.